The molecule has 2 aliphatic rings. The Morgan fingerprint density at radius 2 is 1.70 bits per heavy atom. The number of benzene rings is 1. The average Bonchev–Trinajstić information content (AvgIpc) is 2.83. The summed E-state index contributed by atoms with van der Waals surface area (Å²) in [6.45, 7) is 12.5. The second kappa shape index (κ2) is 5.80. The number of rotatable bonds is 3. The lowest BCUT2D eigenvalue weighted by atomic mass is 9.63. The summed E-state index contributed by atoms with van der Waals surface area (Å²) < 4.78 is 0. The van der Waals surface area contributed by atoms with Crippen LogP contribution in [0.1, 0.15) is 49.7 Å². The lowest BCUT2D eigenvalue weighted by molar-refractivity contribution is -0.126. The third-order valence-electron chi connectivity index (χ3n) is 5.30. The second-order valence-corrected chi connectivity index (χ2v) is 6.97. The number of hydrogen-bond acceptors (Lipinski definition) is 2. The minimum absolute atomic E-state index is 0.0648. The second-order valence-electron chi connectivity index (χ2n) is 6.97. The highest BCUT2D eigenvalue weighted by atomic mass is 16.2. The molecule has 1 heterocycles. The Hall–Kier alpha value is -2.16. The first-order valence-electron chi connectivity index (χ1n) is 8.13. The summed E-state index contributed by atoms with van der Waals surface area (Å²) in [6.07, 6.45) is 1.13. The van der Waals surface area contributed by atoms with E-state index < -0.39 is 0 Å². The summed E-state index contributed by atoms with van der Waals surface area (Å²) in [6, 6.07) is 8.27. The summed E-state index contributed by atoms with van der Waals surface area (Å²) in [4.78, 5) is 23.9. The van der Waals surface area contributed by atoms with E-state index in [-0.39, 0.29) is 35.5 Å². The van der Waals surface area contributed by atoms with Crippen LogP contribution in [0.25, 0.3) is 0 Å². The molecule has 3 nitrogen and oxygen atoms in total. The van der Waals surface area contributed by atoms with E-state index in [4.69, 9.17) is 0 Å². The van der Waals surface area contributed by atoms with E-state index in [0.717, 1.165) is 17.6 Å². The van der Waals surface area contributed by atoms with Gasteiger partial charge in [-0.3, -0.25) is 14.9 Å². The minimum Gasteiger partial charge on any atom is -0.296 e. The van der Waals surface area contributed by atoms with Crippen LogP contribution >= 0.6 is 0 Å². The number of nitrogens with one attached hydrogen (secondary N) is 1. The number of hydrogen-bond donors (Lipinski definition) is 1. The third kappa shape index (κ3) is 2.65. The Labute approximate surface area is 137 Å². The summed E-state index contributed by atoms with van der Waals surface area (Å²) >= 11 is 0. The lowest BCUT2D eigenvalue weighted by Gasteiger charge is -2.40. The molecule has 1 N–H and O–H groups in total. The summed E-state index contributed by atoms with van der Waals surface area (Å²) in [7, 11) is 0. The van der Waals surface area contributed by atoms with Crippen molar-refractivity contribution in [3.05, 3.63) is 59.7 Å². The van der Waals surface area contributed by atoms with Gasteiger partial charge in [0, 0.05) is 12.3 Å². The first-order chi connectivity index (χ1) is 10.9. The quantitative estimate of drug-likeness (QED) is 0.684. The van der Waals surface area contributed by atoms with Crippen molar-refractivity contribution in [2.75, 3.05) is 0 Å². The normalized spacial score (nSPS) is 29.8. The van der Waals surface area contributed by atoms with E-state index in [0.29, 0.717) is 6.42 Å². The van der Waals surface area contributed by atoms with Crippen LogP contribution in [0, 0.1) is 11.8 Å². The molecule has 0 radical (unpaired) electrons. The molecule has 0 bridgehead atoms. The first-order valence-corrected chi connectivity index (χ1v) is 8.13. The monoisotopic (exact) mass is 309 g/mol. The number of carbonyl (C=O) groups is 2. The van der Waals surface area contributed by atoms with E-state index in [9.17, 15) is 9.59 Å². The summed E-state index contributed by atoms with van der Waals surface area (Å²) in [5.74, 6) is -0.00189. The molecule has 1 saturated heterocycles. The molecule has 1 aliphatic carbocycles. The van der Waals surface area contributed by atoms with Crippen LogP contribution < -0.4 is 5.32 Å². The Kier molecular flexibility index (Phi) is 3.97. The van der Waals surface area contributed by atoms with Crippen molar-refractivity contribution in [3.63, 3.8) is 0 Å². The molecular formula is C20H23NO2. The first kappa shape index (κ1) is 15.7. The third-order valence-corrected chi connectivity index (χ3v) is 5.30. The van der Waals surface area contributed by atoms with Gasteiger partial charge in [0.05, 0.1) is 5.92 Å². The van der Waals surface area contributed by atoms with Crippen LogP contribution in [0.15, 0.2) is 48.6 Å². The van der Waals surface area contributed by atoms with Crippen LogP contribution in [0.5, 0.6) is 0 Å². The van der Waals surface area contributed by atoms with Gasteiger partial charge < -0.3 is 0 Å². The Bertz CT molecular complexity index is 703. The molecule has 0 saturated carbocycles. The van der Waals surface area contributed by atoms with Gasteiger partial charge >= 0.3 is 0 Å². The Balaban J connectivity index is 2.09. The van der Waals surface area contributed by atoms with Gasteiger partial charge in [0.15, 0.2) is 0 Å². The molecule has 4 unspecified atom stereocenters. The van der Waals surface area contributed by atoms with Crippen molar-refractivity contribution in [1.82, 2.24) is 5.32 Å². The number of imide groups is 1. The number of carbonyl (C=O) groups excluding carboxylic acids is 2. The van der Waals surface area contributed by atoms with Crippen molar-refractivity contribution in [2.45, 2.75) is 38.5 Å². The molecule has 23 heavy (non-hydrogen) atoms. The molecule has 1 aromatic carbocycles. The van der Waals surface area contributed by atoms with Gasteiger partial charge in [-0.05, 0) is 43.2 Å². The van der Waals surface area contributed by atoms with Gasteiger partial charge in [-0.1, -0.05) is 48.6 Å². The number of allylic oxidation sites excluding steroid dienone is 2. The Morgan fingerprint density at radius 1 is 1.04 bits per heavy atom. The molecular weight excluding hydrogens is 286 g/mol. The maximum atomic E-state index is 12.2. The zero-order chi connectivity index (χ0) is 16.7. The highest BCUT2D eigenvalue weighted by molar-refractivity contribution is 6.04. The van der Waals surface area contributed by atoms with E-state index in [1.165, 1.54) is 11.1 Å². The van der Waals surface area contributed by atoms with Gasteiger partial charge in [-0.15, -0.1) is 0 Å². The van der Waals surface area contributed by atoms with Crippen molar-refractivity contribution >= 4 is 11.8 Å². The molecule has 0 spiro atoms. The topological polar surface area (TPSA) is 46.2 Å². The van der Waals surface area contributed by atoms with Gasteiger partial charge in [-0.2, -0.15) is 0 Å². The van der Waals surface area contributed by atoms with E-state index in [1.54, 1.807) is 0 Å². The van der Waals surface area contributed by atoms with E-state index >= 15 is 0 Å². The molecule has 1 fully saturated rings. The molecule has 4 atom stereocenters. The maximum Gasteiger partial charge on any atom is 0.230 e. The standard InChI is InChI=1S/C20H23NO2/c1-11(2)15-9-16(17-10-18(22)21-20(17)23)13-7-5-6-8-14(13)19(15)12(3)4/h5-8,15-17,19H,1,3,9-10H2,2,4H3,(H,21,22,23). The van der Waals surface area contributed by atoms with Crippen molar-refractivity contribution in [3.8, 4) is 0 Å². The lowest BCUT2D eigenvalue weighted by Crippen LogP contribution is -2.32. The summed E-state index contributed by atoms with van der Waals surface area (Å²) in [5.41, 5.74) is 4.65. The SMILES string of the molecule is C=C(C)C1CC(C2CC(=O)NC2=O)c2ccccc2C1C(=C)C. The van der Waals surface area contributed by atoms with E-state index in [1.807, 2.05) is 19.1 Å². The van der Waals surface area contributed by atoms with E-state index in [2.05, 4.69) is 37.5 Å². The summed E-state index contributed by atoms with van der Waals surface area (Å²) in [5, 5.41) is 2.46. The Morgan fingerprint density at radius 3 is 2.22 bits per heavy atom. The van der Waals surface area contributed by atoms with Crippen LogP contribution in [-0.2, 0) is 9.59 Å². The van der Waals surface area contributed by atoms with Gasteiger partial charge in [0.25, 0.3) is 0 Å². The van der Waals surface area contributed by atoms with Crippen molar-refractivity contribution in [2.24, 2.45) is 11.8 Å². The fraction of sp³-hybridized carbons (Fsp3) is 0.400. The number of fused-ring (bicyclic) bond motifs is 1. The molecule has 3 heteroatoms. The van der Waals surface area contributed by atoms with Crippen LogP contribution in [-0.4, -0.2) is 11.8 Å². The van der Waals surface area contributed by atoms with Gasteiger partial charge in [-0.25, -0.2) is 0 Å². The predicted octanol–water partition coefficient (Wildman–Crippen LogP) is 3.69. The zero-order valence-electron chi connectivity index (χ0n) is 13.8. The number of amides is 2. The smallest absolute Gasteiger partial charge is 0.230 e. The van der Waals surface area contributed by atoms with Crippen LogP contribution in [0.3, 0.4) is 0 Å². The molecule has 1 aliphatic heterocycles. The molecule has 1 aromatic rings. The minimum atomic E-state index is -0.267. The molecule has 2 amide bonds. The van der Waals surface area contributed by atoms with Gasteiger partial charge in [0.2, 0.25) is 11.8 Å². The largest absolute Gasteiger partial charge is 0.296 e. The molecule has 0 aromatic heterocycles. The zero-order valence-corrected chi connectivity index (χ0v) is 13.8. The van der Waals surface area contributed by atoms with Crippen LogP contribution in [0.4, 0.5) is 0 Å². The molecule has 120 valence electrons. The predicted molar refractivity (Wildman–Crippen MR) is 90.9 cm³/mol. The van der Waals surface area contributed by atoms with Crippen molar-refractivity contribution in [1.29, 1.82) is 0 Å². The highest BCUT2D eigenvalue weighted by Crippen LogP contribution is 2.51. The molecule has 3 rings (SSSR count). The van der Waals surface area contributed by atoms with Crippen molar-refractivity contribution < 1.29 is 9.59 Å². The highest BCUT2D eigenvalue weighted by Gasteiger charge is 2.44. The van der Waals surface area contributed by atoms with Gasteiger partial charge in [0.1, 0.15) is 0 Å². The maximum absolute atomic E-state index is 12.2. The average molecular weight is 309 g/mol. The fourth-order valence-electron chi connectivity index (χ4n) is 4.26. The van der Waals surface area contributed by atoms with Crippen LogP contribution in [0.2, 0.25) is 0 Å². The fourth-order valence-corrected chi connectivity index (χ4v) is 4.26.